The predicted octanol–water partition coefficient (Wildman–Crippen LogP) is 4.69. The fraction of sp³-hybridized carbons (Fsp3) is 0.360. The zero-order valence-corrected chi connectivity index (χ0v) is 18.4. The summed E-state index contributed by atoms with van der Waals surface area (Å²) in [6.45, 7) is 0. The maximum Gasteiger partial charge on any atom is 0.254 e. The van der Waals surface area contributed by atoms with Crippen molar-refractivity contribution in [2.24, 2.45) is 11.7 Å². The van der Waals surface area contributed by atoms with Gasteiger partial charge in [-0.05, 0) is 56.1 Å². The molecule has 2 heterocycles. The number of halogens is 1. The van der Waals surface area contributed by atoms with Crippen molar-refractivity contribution in [3.63, 3.8) is 0 Å². The second kappa shape index (κ2) is 9.82. The number of nitriles is 1. The number of aryl methyl sites for hydroxylation is 1. The molecule has 33 heavy (non-hydrogen) atoms. The highest BCUT2D eigenvalue weighted by atomic mass is 19.1. The van der Waals surface area contributed by atoms with Gasteiger partial charge < -0.3 is 11.1 Å². The molecule has 1 fully saturated rings. The zero-order valence-electron chi connectivity index (χ0n) is 18.4. The Kier molecular flexibility index (Phi) is 6.68. The van der Waals surface area contributed by atoms with Gasteiger partial charge in [-0.2, -0.15) is 14.8 Å². The number of rotatable bonds is 8. The Bertz CT molecular complexity index is 1150. The van der Waals surface area contributed by atoms with Gasteiger partial charge in [0.15, 0.2) is 5.82 Å². The van der Waals surface area contributed by atoms with E-state index in [1.807, 2.05) is 6.07 Å². The molecule has 7 nitrogen and oxygen atoms in total. The van der Waals surface area contributed by atoms with Crippen LogP contribution in [-0.2, 0) is 12.0 Å². The minimum absolute atomic E-state index is 0.204. The fourth-order valence-corrected chi connectivity index (χ4v) is 4.66. The third kappa shape index (κ3) is 5.20. The molecule has 1 aromatic carbocycles. The van der Waals surface area contributed by atoms with E-state index in [-0.39, 0.29) is 11.4 Å². The van der Waals surface area contributed by atoms with Crippen molar-refractivity contribution in [3.05, 3.63) is 71.9 Å². The minimum Gasteiger partial charge on any atom is -0.365 e. The van der Waals surface area contributed by atoms with E-state index < -0.39 is 17.4 Å². The minimum atomic E-state index is -0.644. The maximum atomic E-state index is 13.5. The van der Waals surface area contributed by atoms with Crippen molar-refractivity contribution in [2.75, 3.05) is 5.32 Å². The molecule has 0 spiro atoms. The lowest BCUT2D eigenvalue weighted by Crippen LogP contribution is -2.38. The van der Waals surface area contributed by atoms with Crippen LogP contribution in [0.3, 0.4) is 0 Å². The van der Waals surface area contributed by atoms with Gasteiger partial charge in [-0.1, -0.05) is 30.3 Å². The number of pyridine rings is 1. The van der Waals surface area contributed by atoms with E-state index in [4.69, 9.17) is 5.73 Å². The van der Waals surface area contributed by atoms with Crippen molar-refractivity contribution < 1.29 is 9.18 Å². The quantitative estimate of drug-likeness (QED) is 0.488. The largest absolute Gasteiger partial charge is 0.365 e. The smallest absolute Gasteiger partial charge is 0.254 e. The Morgan fingerprint density at radius 1 is 1.27 bits per heavy atom. The summed E-state index contributed by atoms with van der Waals surface area (Å²) in [6, 6.07) is 15.6. The molecule has 1 aliphatic carbocycles. The number of aromatic nitrogens is 3. The second-order valence-electron chi connectivity index (χ2n) is 8.72. The van der Waals surface area contributed by atoms with Crippen LogP contribution in [0.2, 0.25) is 0 Å². The lowest BCUT2D eigenvalue weighted by atomic mass is 9.73. The first-order chi connectivity index (χ1) is 16.0. The molecule has 0 radical (unpaired) electrons. The number of carbonyl (C=O) groups excluding carboxylic acids is 1. The molecule has 170 valence electrons. The molecule has 4 rings (SSSR count). The van der Waals surface area contributed by atoms with E-state index in [2.05, 4.69) is 45.7 Å². The zero-order chi connectivity index (χ0) is 23.3. The van der Waals surface area contributed by atoms with E-state index >= 15 is 0 Å². The molecular weight excluding hydrogens is 419 g/mol. The van der Waals surface area contributed by atoms with E-state index in [0.717, 1.165) is 38.5 Å². The average Bonchev–Trinajstić information content (AvgIpc) is 3.24. The van der Waals surface area contributed by atoms with Gasteiger partial charge in [0, 0.05) is 24.1 Å². The van der Waals surface area contributed by atoms with Crippen LogP contribution in [0.15, 0.2) is 54.9 Å². The second-order valence-corrected chi connectivity index (χ2v) is 8.72. The Morgan fingerprint density at radius 2 is 2.03 bits per heavy atom. The first kappa shape index (κ1) is 22.5. The van der Waals surface area contributed by atoms with Crippen molar-refractivity contribution in [2.45, 2.75) is 50.5 Å². The van der Waals surface area contributed by atoms with Gasteiger partial charge >= 0.3 is 0 Å². The number of nitrogens with zero attached hydrogens (tertiary/aromatic N) is 4. The molecule has 2 aromatic heterocycles. The molecule has 0 aliphatic heterocycles. The van der Waals surface area contributed by atoms with E-state index in [9.17, 15) is 14.4 Å². The van der Waals surface area contributed by atoms with Crippen molar-refractivity contribution in [3.8, 4) is 6.07 Å². The number of anilines is 2. The molecule has 3 aromatic rings. The van der Waals surface area contributed by atoms with Gasteiger partial charge in [-0.3, -0.25) is 9.48 Å². The number of hydrogen-bond acceptors (Lipinski definition) is 5. The predicted molar refractivity (Wildman–Crippen MR) is 123 cm³/mol. The third-order valence-electron chi connectivity index (χ3n) is 6.58. The summed E-state index contributed by atoms with van der Waals surface area (Å²) in [7, 11) is 0. The lowest BCUT2D eigenvalue weighted by molar-refractivity contribution is 0.1000. The normalized spacial score (nSPS) is 20.2. The molecule has 8 heteroatoms. The van der Waals surface area contributed by atoms with Crippen LogP contribution >= 0.6 is 0 Å². The van der Waals surface area contributed by atoms with Gasteiger partial charge in [0.25, 0.3) is 5.91 Å². The van der Waals surface area contributed by atoms with Crippen LogP contribution in [0.1, 0.15) is 54.4 Å². The average molecular weight is 447 g/mol. The van der Waals surface area contributed by atoms with Crippen LogP contribution in [-0.4, -0.2) is 20.7 Å². The highest BCUT2D eigenvalue weighted by Crippen LogP contribution is 2.42. The standard InChI is InChI=1S/C25H27FN6O/c26-22-16-20(10-15-29-22)30-24-21(23(28)33)17-32(31-24)25(13-14-27)11-8-19(9-12-25)7-6-18-4-2-1-3-5-18/h1-5,10,15-17,19H,6-9,11-13H2,(H2,28,33)(H,29,30,31). The molecule has 1 saturated carbocycles. The van der Waals surface area contributed by atoms with Crippen molar-refractivity contribution in [1.29, 1.82) is 5.26 Å². The Hall–Kier alpha value is -3.73. The molecule has 0 bridgehead atoms. The van der Waals surface area contributed by atoms with Crippen LogP contribution in [0.5, 0.6) is 0 Å². The number of amides is 1. The van der Waals surface area contributed by atoms with Gasteiger partial charge in [-0.15, -0.1) is 0 Å². The number of nitrogens with one attached hydrogen (secondary N) is 1. The SMILES string of the molecule is N#CCC1(n2cc(C(N)=O)c(Nc3ccnc(F)c3)n2)CCC(CCc2ccccc2)CC1. The number of primary amides is 1. The molecule has 0 unspecified atom stereocenters. The number of carbonyl (C=O) groups is 1. The summed E-state index contributed by atoms with van der Waals surface area (Å²) < 4.78 is 15.2. The summed E-state index contributed by atoms with van der Waals surface area (Å²) >= 11 is 0. The third-order valence-corrected chi connectivity index (χ3v) is 6.58. The van der Waals surface area contributed by atoms with Gasteiger partial charge in [-0.25, -0.2) is 4.98 Å². The van der Waals surface area contributed by atoms with Crippen LogP contribution < -0.4 is 11.1 Å². The van der Waals surface area contributed by atoms with E-state index in [1.165, 1.54) is 17.8 Å². The topological polar surface area (TPSA) is 110 Å². The lowest BCUT2D eigenvalue weighted by Gasteiger charge is -2.39. The number of hydrogen-bond donors (Lipinski definition) is 2. The van der Waals surface area contributed by atoms with Crippen molar-refractivity contribution >= 4 is 17.4 Å². The van der Waals surface area contributed by atoms with E-state index in [0.29, 0.717) is 18.0 Å². The Balaban J connectivity index is 1.51. The Labute approximate surface area is 192 Å². The van der Waals surface area contributed by atoms with E-state index in [1.54, 1.807) is 16.9 Å². The fourth-order valence-electron chi connectivity index (χ4n) is 4.66. The first-order valence-corrected chi connectivity index (χ1v) is 11.2. The first-order valence-electron chi connectivity index (χ1n) is 11.2. The highest BCUT2D eigenvalue weighted by molar-refractivity contribution is 5.98. The van der Waals surface area contributed by atoms with Crippen LogP contribution in [0.4, 0.5) is 15.9 Å². The van der Waals surface area contributed by atoms with Gasteiger partial charge in [0.2, 0.25) is 5.95 Å². The number of nitrogens with two attached hydrogens (primary N) is 1. The van der Waals surface area contributed by atoms with Crippen LogP contribution in [0, 0.1) is 23.2 Å². The Morgan fingerprint density at radius 3 is 2.70 bits per heavy atom. The molecule has 0 saturated heterocycles. The monoisotopic (exact) mass is 446 g/mol. The maximum absolute atomic E-state index is 13.5. The van der Waals surface area contributed by atoms with Crippen LogP contribution in [0.25, 0.3) is 0 Å². The molecule has 1 amide bonds. The summed E-state index contributed by atoms with van der Waals surface area (Å²) in [6.07, 6.45) is 8.95. The van der Waals surface area contributed by atoms with Gasteiger partial charge in [0.1, 0.15) is 5.56 Å². The molecular formula is C25H27FN6O. The summed E-state index contributed by atoms with van der Waals surface area (Å²) in [5, 5.41) is 17.1. The molecule has 1 aliphatic rings. The van der Waals surface area contributed by atoms with Crippen molar-refractivity contribution in [1.82, 2.24) is 14.8 Å². The molecule has 3 N–H and O–H groups in total. The molecule has 0 atom stereocenters. The number of benzene rings is 1. The van der Waals surface area contributed by atoms with Gasteiger partial charge in [0.05, 0.1) is 18.0 Å². The highest BCUT2D eigenvalue weighted by Gasteiger charge is 2.38. The summed E-state index contributed by atoms with van der Waals surface area (Å²) in [4.78, 5) is 15.6. The summed E-state index contributed by atoms with van der Waals surface area (Å²) in [5.74, 6) is -0.450. The summed E-state index contributed by atoms with van der Waals surface area (Å²) in [5.41, 5.74) is 7.05.